The zero-order valence-electron chi connectivity index (χ0n) is 21.5. The summed E-state index contributed by atoms with van der Waals surface area (Å²) in [5, 5.41) is 6.29. The molecule has 4 rings (SSSR count). The number of unbranched alkanes of at least 4 members (excludes halogenated alkanes) is 1. The van der Waals surface area contributed by atoms with Gasteiger partial charge in [-0.25, -0.2) is 9.97 Å². The van der Waals surface area contributed by atoms with E-state index < -0.39 is 0 Å². The van der Waals surface area contributed by atoms with Crippen molar-refractivity contribution in [2.75, 3.05) is 23.8 Å². The highest BCUT2D eigenvalue weighted by molar-refractivity contribution is 6.04. The van der Waals surface area contributed by atoms with E-state index in [1.807, 2.05) is 74.5 Å². The molecular weight excluding hydrogens is 464 g/mol. The van der Waals surface area contributed by atoms with Gasteiger partial charge in [-0.1, -0.05) is 49.7 Å². The Kier molecular flexibility index (Phi) is 8.70. The first-order valence-corrected chi connectivity index (χ1v) is 12.5. The minimum Gasteiger partial charge on any atom is -0.490 e. The van der Waals surface area contributed by atoms with Gasteiger partial charge in [-0.3, -0.25) is 4.79 Å². The molecule has 0 spiro atoms. The maximum absolute atomic E-state index is 13.0. The van der Waals surface area contributed by atoms with Crippen molar-refractivity contribution in [1.29, 1.82) is 0 Å². The van der Waals surface area contributed by atoms with Gasteiger partial charge in [0, 0.05) is 28.6 Å². The van der Waals surface area contributed by atoms with Gasteiger partial charge in [0.25, 0.3) is 5.91 Å². The Hall–Kier alpha value is -4.39. The SMILES string of the molecule is CCCCOc1ccc(C(=O)Nc2cccc(Nc3cc(-c4ccccc4)nc(C)n3)c2)cc1OCC. The van der Waals surface area contributed by atoms with Crippen LogP contribution in [0.4, 0.5) is 17.2 Å². The second kappa shape index (κ2) is 12.5. The average Bonchev–Trinajstić information content (AvgIpc) is 2.90. The highest BCUT2D eigenvalue weighted by Gasteiger charge is 2.13. The van der Waals surface area contributed by atoms with E-state index in [4.69, 9.17) is 9.47 Å². The second-order valence-corrected chi connectivity index (χ2v) is 8.51. The van der Waals surface area contributed by atoms with Gasteiger partial charge in [0.05, 0.1) is 18.9 Å². The van der Waals surface area contributed by atoms with Crippen LogP contribution in [0.2, 0.25) is 0 Å². The molecule has 0 fully saturated rings. The number of anilines is 3. The molecular formula is C30H32N4O3. The summed E-state index contributed by atoms with van der Waals surface area (Å²) in [5.41, 5.74) is 3.80. The summed E-state index contributed by atoms with van der Waals surface area (Å²) in [6, 6.07) is 24.6. The number of hydrogen-bond donors (Lipinski definition) is 2. The zero-order chi connectivity index (χ0) is 26.0. The van der Waals surface area contributed by atoms with Gasteiger partial charge in [-0.05, 0) is 56.7 Å². The fourth-order valence-electron chi connectivity index (χ4n) is 3.78. The number of nitrogens with zero attached hydrogens (tertiary/aromatic N) is 2. The third kappa shape index (κ3) is 7.07. The van der Waals surface area contributed by atoms with Crippen molar-refractivity contribution < 1.29 is 14.3 Å². The van der Waals surface area contributed by atoms with Gasteiger partial charge >= 0.3 is 0 Å². The fraction of sp³-hybridized carbons (Fsp3) is 0.233. The lowest BCUT2D eigenvalue weighted by Crippen LogP contribution is -2.12. The van der Waals surface area contributed by atoms with Crippen molar-refractivity contribution >= 4 is 23.1 Å². The van der Waals surface area contributed by atoms with Crippen LogP contribution < -0.4 is 20.1 Å². The summed E-state index contributed by atoms with van der Waals surface area (Å²) < 4.78 is 11.5. The molecule has 4 aromatic rings. The Morgan fingerprint density at radius 2 is 1.65 bits per heavy atom. The maximum atomic E-state index is 13.0. The van der Waals surface area contributed by atoms with Crippen LogP contribution in [0.5, 0.6) is 11.5 Å². The van der Waals surface area contributed by atoms with Crippen LogP contribution in [-0.4, -0.2) is 29.1 Å². The topological polar surface area (TPSA) is 85.4 Å². The molecule has 0 aliphatic heterocycles. The molecule has 0 unspecified atom stereocenters. The number of hydrogen-bond acceptors (Lipinski definition) is 6. The van der Waals surface area contributed by atoms with Crippen molar-refractivity contribution in [3.05, 3.63) is 90.3 Å². The Morgan fingerprint density at radius 3 is 2.43 bits per heavy atom. The molecule has 3 aromatic carbocycles. The smallest absolute Gasteiger partial charge is 0.255 e. The highest BCUT2D eigenvalue weighted by Crippen LogP contribution is 2.29. The molecule has 37 heavy (non-hydrogen) atoms. The Morgan fingerprint density at radius 1 is 0.838 bits per heavy atom. The van der Waals surface area contributed by atoms with E-state index in [1.54, 1.807) is 18.2 Å². The van der Waals surface area contributed by atoms with E-state index in [0.29, 0.717) is 47.6 Å². The number of aryl methyl sites for hydroxylation is 1. The van der Waals surface area contributed by atoms with Gasteiger partial charge < -0.3 is 20.1 Å². The van der Waals surface area contributed by atoms with Crippen molar-refractivity contribution in [3.63, 3.8) is 0 Å². The molecule has 7 nitrogen and oxygen atoms in total. The van der Waals surface area contributed by atoms with Gasteiger partial charge in [0.15, 0.2) is 11.5 Å². The van der Waals surface area contributed by atoms with E-state index >= 15 is 0 Å². The molecule has 7 heteroatoms. The zero-order valence-corrected chi connectivity index (χ0v) is 21.5. The van der Waals surface area contributed by atoms with Crippen LogP contribution in [-0.2, 0) is 0 Å². The summed E-state index contributed by atoms with van der Waals surface area (Å²) in [4.78, 5) is 22.1. The highest BCUT2D eigenvalue weighted by atomic mass is 16.5. The number of aromatic nitrogens is 2. The van der Waals surface area contributed by atoms with Crippen LogP contribution in [0.3, 0.4) is 0 Å². The largest absolute Gasteiger partial charge is 0.490 e. The first-order valence-electron chi connectivity index (χ1n) is 12.5. The third-order valence-corrected chi connectivity index (χ3v) is 5.56. The van der Waals surface area contributed by atoms with Gasteiger partial charge in [-0.2, -0.15) is 0 Å². The molecule has 0 bridgehead atoms. The normalized spacial score (nSPS) is 10.6. The molecule has 0 aliphatic carbocycles. The number of benzene rings is 3. The van der Waals surface area contributed by atoms with E-state index in [0.717, 1.165) is 29.8 Å². The summed E-state index contributed by atoms with van der Waals surface area (Å²) in [6.07, 6.45) is 2.00. The summed E-state index contributed by atoms with van der Waals surface area (Å²) in [7, 11) is 0. The molecule has 1 heterocycles. The molecule has 0 aliphatic rings. The van der Waals surface area contributed by atoms with E-state index in [9.17, 15) is 4.79 Å². The van der Waals surface area contributed by atoms with Crippen LogP contribution in [0.25, 0.3) is 11.3 Å². The van der Waals surface area contributed by atoms with Gasteiger partial charge in [0.1, 0.15) is 11.6 Å². The summed E-state index contributed by atoms with van der Waals surface area (Å²) in [6.45, 7) is 6.98. The number of amides is 1. The number of carbonyl (C=O) groups excluding carboxylic acids is 1. The molecule has 2 N–H and O–H groups in total. The van der Waals surface area contributed by atoms with Crippen molar-refractivity contribution in [3.8, 4) is 22.8 Å². The van der Waals surface area contributed by atoms with E-state index in [1.165, 1.54) is 0 Å². The van der Waals surface area contributed by atoms with Crippen molar-refractivity contribution in [2.45, 2.75) is 33.6 Å². The van der Waals surface area contributed by atoms with Gasteiger partial charge in [0.2, 0.25) is 0 Å². The van der Waals surface area contributed by atoms with E-state index in [-0.39, 0.29) is 5.91 Å². The molecule has 190 valence electrons. The lowest BCUT2D eigenvalue weighted by Gasteiger charge is -2.14. The standard InChI is InChI=1S/C30H32N4O3/c1-4-6-17-37-27-16-15-23(18-28(27)36-5-2)30(35)34-25-14-10-13-24(19-25)33-29-20-26(31-21(3)32-29)22-11-8-7-9-12-22/h7-16,18-20H,4-6,17H2,1-3H3,(H,34,35)(H,31,32,33). The molecule has 0 saturated carbocycles. The van der Waals surface area contributed by atoms with Crippen LogP contribution in [0.1, 0.15) is 42.9 Å². The minimum atomic E-state index is -0.234. The molecule has 0 saturated heterocycles. The Balaban J connectivity index is 1.48. The second-order valence-electron chi connectivity index (χ2n) is 8.51. The quantitative estimate of drug-likeness (QED) is 0.217. The van der Waals surface area contributed by atoms with E-state index in [2.05, 4.69) is 27.5 Å². The first kappa shape index (κ1) is 25.7. The molecule has 1 aromatic heterocycles. The number of carbonyl (C=O) groups is 1. The van der Waals surface area contributed by atoms with Crippen LogP contribution in [0.15, 0.2) is 78.9 Å². The fourth-order valence-corrected chi connectivity index (χ4v) is 3.78. The number of rotatable bonds is 11. The molecule has 0 radical (unpaired) electrons. The predicted octanol–water partition coefficient (Wildman–Crippen LogP) is 7.03. The van der Waals surface area contributed by atoms with Crippen LogP contribution >= 0.6 is 0 Å². The maximum Gasteiger partial charge on any atom is 0.255 e. The summed E-state index contributed by atoms with van der Waals surface area (Å²) in [5.74, 6) is 2.32. The third-order valence-electron chi connectivity index (χ3n) is 5.56. The van der Waals surface area contributed by atoms with Crippen molar-refractivity contribution in [1.82, 2.24) is 9.97 Å². The van der Waals surface area contributed by atoms with Gasteiger partial charge in [-0.15, -0.1) is 0 Å². The first-order chi connectivity index (χ1) is 18.1. The number of nitrogens with one attached hydrogen (secondary N) is 2. The Labute approximate surface area is 217 Å². The van der Waals surface area contributed by atoms with Crippen LogP contribution in [0, 0.1) is 6.92 Å². The predicted molar refractivity (Wildman–Crippen MR) is 148 cm³/mol. The molecule has 0 atom stereocenters. The number of ether oxygens (including phenoxy) is 2. The lowest BCUT2D eigenvalue weighted by atomic mass is 10.1. The average molecular weight is 497 g/mol. The summed E-state index contributed by atoms with van der Waals surface area (Å²) >= 11 is 0. The Bertz CT molecular complexity index is 1340. The molecule has 1 amide bonds. The minimum absolute atomic E-state index is 0.234. The monoisotopic (exact) mass is 496 g/mol. The van der Waals surface area contributed by atoms with Crippen molar-refractivity contribution in [2.24, 2.45) is 0 Å². The lowest BCUT2D eigenvalue weighted by molar-refractivity contribution is 0.102.